The first kappa shape index (κ1) is 33.1. The molecular weight excluding hydrogens is 600 g/mol. The van der Waals surface area contributed by atoms with E-state index in [0.717, 1.165) is 0 Å². The van der Waals surface area contributed by atoms with Crippen LogP contribution in [-0.4, -0.2) is 126 Å². The van der Waals surface area contributed by atoms with Crippen molar-refractivity contribution in [2.75, 3.05) is 27.9 Å². The molecule has 6 N–H and O–H groups in total. The Kier molecular flexibility index (Phi) is 10.0. The molecule has 15 heteroatoms. The van der Waals surface area contributed by atoms with Gasteiger partial charge in [-0.15, -0.1) is 0 Å². The molecule has 0 saturated carbocycles. The number of rotatable bonds is 9. The van der Waals surface area contributed by atoms with Crippen molar-refractivity contribution in [1.29, 1.82) is 0 Å². The van der Waals surface area contributed by atoms with Gasteiger partial charge in [0.1, 0.15) is 83.1 Å². The van der Waals surface area contributed by atoms with Gasteiger partial charge in [-0.1, -0.05) is 0 Å². The van der Waals surface area contributed by atoms with E-state index in [9.17, 15) is 35.4 Å². The zero-order chi connectivity index (χ0) is 32.6. The molecule has 248 valence electrons. The molecule has 0 unspecified atom stereocenters. The predicted octanol–water partition coefficient (Wildman–Crippen LogP) is -0.551. The first-order valence-electron chi connectivity index (χ1n) is 14.3. The van der Waals surface area contributed by atoms with Gasteiger partial charge < -0.3 is 68.5 Å². The van der Waals surface area contributed by atoms with E-state index < -0.39 is 74.1 Å². The van der Waals surface area contributed by atoms with Gasteiger partial charge in [0.2, 0.25) is 6.29 Å². The summed E-state index contributed by atoms with van der Waals surface area (Å²) in [6, 6.07) is 7.85. The van der Waals surface area contributed by atoms with Crippen molar-refractivity contribution in [2.24, 2.45) is 0 Å². The molecule has 0 bridgehead atoms. The van der Waals surface area contributed by atoms with Gasteiger partial charge in [-0.2, -0.15) is 0 Å². The van der Waals surface area contributed by atoms with Crippen LogP contribution >= 0.6 is 0 Å². The highest BCUT2D eigenvalue weighted by Crippen LogP contribution is 2.44. The van der Waals surface area contributed by atoms with Crippen LogP contribution in [0.1, 0.15) is 35.4 Å². The van der Waals surface area contributed by atoms with Crippen LogP contribution < -0.4 is 23.7 Å². The average Bonchev–Trinajstić information content (AvgIpc) is 3.04. The van der Waals surface area contributed by atoms with Crippen molar-refractivity contribution >= 4 is 5.78 Å². The number of carbonyl (C=O) groups excluding carboxylic acids is 1. The molecule has 0 aromatic heterocycles. The lowest BCUT2D eigenvalue weighted by Crippen LogP contribution is -2.61. The zero-order valence-electron chi connectivity index (χ0n) is 25.0. The third kappa shape index (κ3) is 6.54. The first-order chi connectivity index (χ1) is 21.5. The van der Waals surface area contributed by atoms with Crippen molar-refractivity contribution in [1.82, 2.24) is 0 Å². The number of benzene rings is 2. The lowest BCUT2D eigenvalue weighted by atomic mass is 9.94. The normalized spacial score (nSPS) is 34.8. The van der Waals surface area contributed by atoms with E-state index in [-0.39, 0.29) is 18.0 Å². The molecule has 5 rings (SSSR count). The third-order valence-corrected chi connectivity index (χ3v) is 8.12. The number of fused-ring (bicyclic) bond motifs is 1. The number of aliphatic hydroxyl groups is 6. The van der Waals surface area contributed by atoms with E-state index in [2.05, 4.69) is 0 Å². The van der Waals surface area contributed by atoms with Crippen LogP contribution in [0.5, 0.6) is 28.7 Å². The Bertz CT molecular complexity index is 1350. The minimum absolute atomic E-state index is 0.00334. The second-order valence-corrected chi connectivity index (χ2v) is 11.0. The number of methoxy groups -OCH3 is 3. The summed E-state index contributed by atoms with van der Waals surface area (Å²) in [7, 11) is 4.36. The van der Waals surface area contributed by atoms with Gasteiger partial charge in [-0.25, -0.2) is 0 Å². The molecule has 2 aromatic carbocycles. The number of hydrogen-bond acceptors (Lipinski definition) is 15. The van der Waals surface area contributed by atoms with E-state index in [1.165, 1.54) is 40.4 Å². The van der Waals surface area contributed by atoms with E-state index in [1.807, 2.05) is 0 Å². The van der Waals surface area contributed by atoms with E-state index >= 15 is 0 Å². The van der Waals surface area contributed by atoms with Crippen LogP contribution in [0.3, 0.4) is 0 Å². The van der Waals surface area contributed by atoms with E-state index in [0.29, 0.717) is 34.1 Å². The zero-order valence-corrected chi connectivity index (χ0v) is 25.0. The molecular formula is C30H38O15. The fourth-order valence-electron chi connectivity index (χ4n) is 5.51. The molecule has 2 saturated heterocycles. The summed E-state index contributed by atoms with van der Waals surface area (Å²) in [4.78, 5) is 13.1. The van der Waals surface area contributed by atoms with Gasteiger partial charge >= 0.3 is 0 Å². The minimum atomic E-state index is -1.70. The Labute approximate surface area is 258 Å². The maximum absolute atomic E-state index is 13.1. The molecule has 0 spiro atoms. The summed E-state index contributed by atoms with van der Waals surface area (Å²) in [5, 5.41) is 61.7. The summed E-state index contributed by atoms with van der Waals surface area (Å²) in [5.41, 5.74) is 0.842. The Morgan fingerprint density at radius 1 is 0.756 bits per heavy atom. The summed E-state index contributed by atoms with van der Waals surface area (Å²) >= 11 is 0. The van der Waals surface area contributed by atoms with Crippen LogP contribution in [0.2, 0.25) is 0 Å². The van der Waals surface area contributed by atoms with Gasteiger partial charge in [0.15, 0.2) is 12.1 Å². The fraction of sp³-hybridized carbons (Fsp3) is 0.567. The van der Waals surface area contributed by atoms with Crippen molar-refractivity contribution in [3.63, 3.8) is 0 Å². The number of ether oxygens (including phenoxy) is 8. The molecule has 0 amide bonds. The minimum Gasteiger partial charge on any atom is -0.496 e. The molecule has 15 nitrogen and oxygen atoms in total. The van der Waals surface area contributed by atoms with Crippen molar-refractivity contribution in [3.05, 3.63) is 41.5 Å². The monoisotopic (exact) mass is 638 g/mol. The third-order valence-electron chi connectivity index (χ3n) is 8.12. The number of ketones is 1. The van der Waals surface area contributed by atoms with Crippen LogP contribution in [0.25, 0.3) is 0 Å². The Hall–Kier alpha value is -3.25. The molecule has 3 aliphatic rings. The summed E-state index contributed by atoms with van der Waals surface area (Å²) in [6.45, 7) is 1.05. The van der Waals surface area contributed by atoms with Gasteiger partial charge in [-0.05, 0) is 19.1 Å². The van der Waals surface area contributed by atoms with Crippen molar-refractivity contribution in [3.8, 4) is 28.7 Å². The molecule has 11 atom stereocenters. The highest BCUT2D eigenvalue weighted by molar-refractivity contribution is 6.03. The van der Waals surface area contributed by atoms with E-state index in [4.69, 9.17) is 37.9 Å². The van der Waals surface area contributed by atoms with Crippen molar-refractivity contribution < 1.29 is 73.3 Å². The van der Waals surface area contributed by atoms with Gasteiger partial charge in [0.05, 0.1) is 40.5 Å². The Morgan fingerprint density at radius 2 is 1.42 bits per heavy atom. The average molecular weight is 639 g/mol. The second kappa shape index (κ2) is 13.6. The Balaban J connectivity index is 1.29. The molecule has 3 aliphatic heterocycles. The van der Waals surface area contributed by atoms with Gasteiger partial charge in [-0.3, -0.25) is 4.79 Å². The number of carbonyl (C=O) groups is 1. The molecule has 45 heavy (non-hydrogen) atoms. The maximum atomic E-state index is 13.1. The summed E-state index contributed by atoms with van der Waals surface area (Å²) < 4.78 is 44.8. The van der Waals surface area contributed by atoms with Crippen LogP contribution in [-0.2, 0) is 14.2 Å². The largest absolute Gasteiger partial charge is 0.496 e. The molecule has 0 aliphatic carbocycles. The summed E-state index contributed by atoms with van der Waals surface area (Å²) in [5.74, 6) is 1.33. The number of Topliss-reactive ketones (excluding diaryl/α,β-unsaturated/α-hetero) is 1. The topological polar surface area (TPSA) is 212 Å². The van der Waals surface area contributed by atoms with Crippen LogP contribution in [0.4, 0.5) is 0 Å². The molecule has 0 radical (unpaired) electrons. The van der Waals surface area contributed by atoms with Crippen LogP contribution in [0, 0.1) is 0 Å². The predicted molar refractivity (Wildman–Crippen MR) is 150 cm³/mol. The van der Waals surface area contributed by atoms with Gasteiger partial charge in [0.25, 0.3) is 0 Å². The SMILES string of the molecule is COc1cc(OC)c2c(c1)O[C@@H](c1ccc(O[C@@H]3O[C@H](CO[C@@H]4O[C@@H](C)[C@H](O)[C@@H](O)[C@@H]4O)[C@@H](O)[C@H](O)[C@H]3O)cc1OC)CC2=O. The fourth-order valence-corrected chi connectivity index (χ4v) is 5.51. The lowest BCUT2D eigenvalue weighted by Gasteiger charge is -2.42. The highest BCUT2D eigenvalue weighted by Gasteiger charge is 2.47. The Morgan fingerprint density at radius 3 is 2.11 bits per heavy atom. The lowest BCUT2D eigenvalue weighted by molar-refractivity contribution is -0.318. The van der Waals surface area contributed by atoms with Crippen molar-refractivity contribution in [2.45, 2.75) is 80.9 Å². The smallest absolute Gasteiger partial charge is 0.229 e. The van der Waals surface area contributed by atoms with Crippen LogP contribution in [0.15, 0.2) is 30.3 Å². The first-order valence-corrected chi connectivity index (χ1v) is 14.3. The summed E-state index contributed by atoms with van der Waals surface area (Å²) in [6.07, 6.45) is -15.1. The highest BCUT2D eigenvalue weighted by atomic mass is 16.7. The quantitative estimate of drug-likeness (QED) is 0.203. The second-order valence-electron chi connectivity index (χ2n) is 11.0. The standard InChI is InChI=1S/C30H38O15/c1-12-23(32)25(34)27(36)29(42-12)41-11-21-24(33)26(35)28(37)30(45-21)43-13-5-6-15(17(7-13)39-3)18-10-16(31)22-19(40-4)8-14(38-2)9-20(22)44-18/h5-9,12,18,21,23-30,32-37H,10-11H2,1-4H3/t12-,18+,21+,23-,24+,25+,26-,27-,28+,29+,30+/m0/s1. The molecule has 2 fully saturated rings. The van der Waals surface area contributed by atoms with E-state index in [1.54, 1.807) is 18.2 Å². The maximum Gasteiger partial charge on any atom is 0.229 e. The number of hydrogen-bond donors (Lipinski definition) is 6. The molecule has 2 aromatic rings. The molecule has 3 heterocycles. The number of aliphatic hydroxyl groups excluding tert-OH is 6. The van der Waals surface area contributed by atoms with Gasteiger partial charge in [0, 0.05) is 23.8 Å².